The SMILES string of the molecule is CC(=O)c1cccc(NC(=O)c2noc3c2CCc2sccc2-3)c1. The molecule has 6 heteroatoms. The number of nitrogens with one attached hydrogen (secondary N) is 1. The number of nitrogens with zero attached hydrogens (tertiary/aromatic N) is 1. The summed E-state index contributed by atoms with van der Waals surface area (Å²) in [4.78, 5) is 25.3. The van der Waals surface area contributed by atoms with Crippen molar-refractivity contribution in [1.82, 2.24) is 5.16 Å². The normalized spacial score (nSPS) is 12.4. The van der Waals surface area contributed by atoms with E-state index in [1.165, 1.54) is 11.8 Å². The van der Waals surface area contributed by atoms with Crippen LogP contribution in [0.3, 0.4) is 0 Å². The number of carbonyl (C=O) groups excluding carboxylic acids is 2. The summed E-state index contributed by atoms with van der Waals surface area (Å²) in [7, 11) is 0. The Morgan fingerprint density at radius 2 is 2.12 bits per heavy atom. The van der Waals surface area contributed by atoms with Gasteiger partial charge in [-0.25, -0.2) is 0 Å². The van der Waals surface area contributed by atoms with Crippen molar-refractivity contribution in [3.05, 3.63) is 57.4 Å². The molecule has 4 rings (SSSR count). The molecule has 1 N–H and O–H groups in total. The number of thiophene rings is 1. The first kappa shape index (κ1) is 14.8. The number of aryl methyl sites for hydroxylation is 1. The lowest BCUT2D eigenvalue weighted by molar-refractivity contribution is 0.100. The van der Waals surface area contributed by atoms with Crippen LogP contribution in [0.5, 0.6) is 0 Å². The van der Waals surface area contributed by atoms with Gasteiger partial charge in [0, 0.05) is 27.3 Å². The van der Waals surface area contributed by atoms with Gasteiger partial charge in [0.25, 0.3) is 5.91 Å². The first-order chi connectivity index (χ1) is 11.6. The lowest BCUT2D eigenvalue weighted by atomic mass is 9.95. The van der Waals surface area contributed by atoms with Crippen molar-refractivity contribution in [2.75, 3.05) is 5.32 Å². The van der Waals surface area contributed by atoms with E-state index < -0.39 is 0 Å². The third kappa shape index (κ3) is 2.45. The minimum absolute atomic E-state index is 0.0464. The molecule has 0 spiro atoms. The van der Waals surface area contributed by atoms with Crippen LogP contribution in [0.25, 0.3) is 11.3 Å². The van der Waals surface area contributed by atoms with Crippen molar-refractivity contribution in [3.8, 4) is 11.3 Å². The van der Waals surface area contributed by atoms with Crippen LogP contribution in [0.4, 0.5) is 5.69 Å². The van der Waals surface area contributed by atoms with Gasteiger partial charge >= 0.3 is 0 Å². The Labute approximate surface area is 142 Å². The number of carbonyl (C=O) groups is 2. The molecule has 3 aromatic rings. The fraction of sp³-hybridized carbons (Fsp3) is 0.167. The predicted molar refractivity (Wildman–Crippen MR) is 91.6 cm³/mol. The second kappa shape index (κ2) is 5.72. The summed E-state index contributed by atoms with van der Waals surface area (Å²) >= 11 is 1.69. The Kier molecular flexibility index (Phi) is 3.54. The molecule has 0 aliphatic heterocycles. The highest BCUT2D eigenvalue weighted by molar-refractivity contribution is 7.10. The van der Waals surface area contributed by atoms with Crippen LogP contribution in [0, 0.1) is 0 Å². The fourth-order valence-corrected chi connectivity index (χ4v) is 3.79. The average Bonchev–Trinajstić information content (AvgIpc) is 3.20. The molecule has 1 aromatic carbocycles. The second-order valence-corrected chi connectivity index (χ2v) is 6.69. The van der Waals surface area contributed by atoms with Gasteiger partial charge in [-0.2, -0.15) is 0 Å². The number of amides is 1. The van der Waals surface area contributed by atoms with Gasteiger partial charge in [-0.1, -0.05) is 17.3 Å². The molecule has 2 heterocycles. The van der Waals surface area contributed by atoms with Gasteiger partial charge in [0.15, 0.2) is 17.2 Å². The third-order valence-electron chi connectivity index (χ3n) is 4.12. The third-order valence-corrected chi connectivity index (χ3v) is 5.10. The smallest absolute Gasteiger partial charge is 0.278 e. The van der Waals surface area contributed by atoms with Crippen molar-refractivity contribution in [2.24, 2.45) is 0 Å². The molecule has 0 saturated heterocycles. The van der Waals surface area contributed by atoms with Crippen molar-refractivity contribution < 1.29 is 14.1 Å². The van der Waals surface area contributed by atoms with Crippen LogP contribution < -0.4 is 5.32 Å². The number of Topliss-reactive ketones (excluding diaryl/α,β-unsaturated/α-hetero) is 1. The number of anilines is 1. The minimum atomic E-state index is -0.320. The molecular formula is C18H14N2O3S. The molecule has 1 aliphatic carbocycles. The number of hydrogen-bond donors (Lipinski definition) is 1. The summed E-state index contributed by atoms with van der Waals surface area (Å²) in [5.41, 5.74) is 3.32. The van der Waals surface area contributed by atoms with E-state index in [-0.39, 0.29) is 11.7 Å². The molecule has 2 aromatic heterocycles. The number of hydrogen-bond acceptors (Lipinski definition) is 5. The van der Waals surface area contributed by atoms with Gasteiger partial charge < -0.3 is 9.84 Å². The van der Waals surface area contributed by atoms with Crippen LogP contribution in [0.2, 0.25) is 0 Å². The summed E-state index contributed by atoms with van der Waals surface area (Å²) in [6.07, 6.45) is 1.63. The minimum Gasteiger partial charge on any atom is -0.355 e. The van der Waals surface area contributed by atoms with Gasteiger partial charge in [-0.05, 0) is 43.3 Å². The second-order valence-electron chi connectivity index (χ2n) is 5.69. The zero-order valence-electron chi connectivity index (χ0n) is 13.0. The molecule has 0 saturated carbocycles. The summed E-state index contributed by atoms with van der Waals surface area (Å²) in [6, 6.07) is 8.86. The first-order valence-electron chi connectivity index (χ1n) is 7.61. The van der Waals surface area contributed by atoms with E-state index in [4.69, 9.17) is 4.52 Å². The van der Waals surface area contributed by atoms with Gasteiger partial charge in [-0.15, -0.1) is 11.3 Å². The maximum absolute atomic E-state index is 12.6. The molecular weight excluding hydrogens is 324 g/mol. The number of aromatic nitrogens is 1. The van der Waals surface area contributed by atoms with E-state index in [0.29, 0.717) is 22.7 Å². The topological polar surface area (TPSA) is 72.2 Å². The molecule has 0 bridgehead atoms. The molecule has 0 fully saturated rings. The Morgan fingerprint density at radius 3 is 2.96 bits per heavy atom. The van der Waals surface area contributed by atoms with E-state index >= 15 is 0 Å². The lowest BCUT2D eigenvalue weighted by Gasteiger charge is -2.10. The highest BCUT2D eigenvalue weighted by Gasteiger charge is 2.28. The molecule has 0 radical (unpaired) electrons. The molecule has 1 amide bonds. The van der Waals surface area contributed by atoms with E-state index in [9.17, 15) is 9.59 Å². The molecule has 120 valence electrons. The van der Waals surface area contributed by atoms with E-state index in [1.54, 1.807) is 35.6 Å². The van der Waals surface area contributed by atoms with Crippen molar-refractivity contribution >= 4 is 28.7 Å². The summed E-state index contributed by atoms with van der Waals surface area (Å²) < 4.78 is 5.43. The van der Waals surface area contributed by atoms with Crippen molar-refractivity contribution in [3.63, 3.8) is 0 Å². The average molecular weight is 338 g/mol. The maximum atomic E-state index is 12.6. The molecule has 24 heavy (non-hydrogen) atoms. The quantitative estimate of drug-likeness (QED) is 0.734. The van der Waals surface area contributed by atoms with Gasteiger partial charge in [0.1, 0.15) is 0 Å². The van der Waals surface area contributed by atoms with Crippen LogP contribution >= 0.6 is 11.3 Å². The Hall–Kier alpha value is -2.73. The van der Waals surface area contributed by atoms with Gasteiger partial charge in [0.2, 0.25) is 0 Å². The maximum Gasteiger partial charge on any atom is 0.278 e. The van der Waals surface area contributed by atoms with Crippen LogP contribution in [-0.4, -0.2) is 16.8 Å². The van der Waals surface area contributed by atoms with E-state index in [0.717, 1.165) is 24.0 Å². The zero-order chi connectivity index (χ0) is 16.7. The monoisotopic (exact) mass is 338 g/mol. The summed E-state index contributed by atoms with van der Waals surface area (Å²) in [5.74, 6) is 0.328. The fourth-order valence-electron chi connectivity index (χ4n) is 2.91. The van der Waals surface area contributed by atoms with Crippen molar-refractivity contribution in [2.45, 2.75) is 19.8 Å². The zero-order valence-corrected chi connectivity index (χ0v) is 13.8. The molecule has 0 unspecified atom stereocenters. The Bertz CT molecular complexity index is 955. The van der Waals surface area contributed by atoms with Gasteiger partial charge in [0.05, 0.1) is 0 Å². The number of rotatable bonds is 3. The highest BCUT2D eigenvalue weighted by atomic mass is 32.1. The molecule has 5 nitrogen and oxygen atoms in total. The first-order valence-corrected chi connectivity index (χ1v) is 8.49. The van der Waals surface area contributed by atoms with Crippen molar-refractivity contribution in [1.29, 1.82) is 0 Å². The highest BCUT2D eigenvalue weighted by Crippen LogP contribution is 2.38. The number of fused-ring (bicyclic) bond motifs is 3. The predicted octanol–water partition coefficient (Wildman–Crippen LogP) is 3.96. The lowest BCUT2D eigenvalue weighted by Crippen LogP contribution is -2.15. The molecule has 1 aliphatic rings. The standard InChI is InChI=1S/C18H14N2O3S/c1-10(21)11-3-2-4-12(9-11)19-18(22)16-14-5-6-15-13(7-8-24-15)17(14)23-20-16/h2-4,7-9H,5-6H2,1H3,(H,19,22). The number of benzene rings is 1. The Morgan fingerprint density at radius 1 is 1.25 bits per heavy atom. The van der Waals surface area contributed by atoms with Crippen LogP contribution in [0.1, 0.15) is 38.2 Å². The van der Waals surface area contributed by atoms with Crippen LogP contribution in [0.15, 0.2) is 40.2 Å². The van der Waals surface area contributed by atoms with Gasteiger partial charge in [-0.3, -0.25) is 9.59 Å². The Balaban J connectivity index is 1.63. The number of ketones is 1. The summed E-state index contributed by atoms with van der Waals surface area (Å²) in [5, 5.41) is 8.80. The molecule has 0 atom stereocenters. The largest absolute Gasteiger partial charge is 0.355 e. The van der Waals surface area contributed by atoms with Crippen LogP contribution in [-0.2, 0) is 12.8 Å². The summed E-state index contributed by atoms with van der Waals surface area (Å²) in [6.45, 7) is 1.49. The van der Waals surface area contributed by atoms with E-state index in [2.05, 4.69) is 10.5 Å². The van der Waals surface area contributed by atoms with E-state index in [1.807, 2.05) is 11.4 Å².